The lowest BCUT2D eigenvalue weighted by atomic mass is 10.0. The molecule has 194 valence electrons. The highest BCUT2D eigenvalue weighted by Gasteiger charge is 2.28. The molecule has 0 atom stereocenters. The van der Waals surface area contributed by atoms with Crippen molar-refractivity contribution in [1.29, 1.82) is 0 Å². The molecule has 0 aliphatic carbocycles. The first-order chi connectivity index (χ1) is 17.9. The van der Waals surface area contributed by atoms with Gasteiger partial charge in [-0.1, -0.05) is 12.1 Å². The zero-order valence-electron chi connectivity index (χ0n) is 20.9. The van der Waals surface area contributed by atoms with Crippen LogP contribution in [0, 0.1) is 11.6 Å². The van der Waals surface area contributed by atoms with E-state index in [1.165, 1.54) is 6.07 Å². The maximum Gasteiger partial charge on any atom is 0.229 e. The number of amides is 1. The first kappa shape index (κ1) is 24.9. The van der Waals surface area contributed by atoms with Gasteiger partial charge in [0, 0.05) is 45.2 Å². The third-order valence-electron chi connectivity index (χ3n) is 6.74. The first-order valence-corrected chi connectivity index (χ1v) is 12.3. The van der Waals surface area contributed by atoms with E-state index in [1.54, 1.807) is 12.0 Å². The van der Waals surface area contributed by atoms with E-state index in [1.807, 2.05) is 24.3 Å². The summed E-state index contributed by atoms with van der Waals surface area (Å²) in [5, 5.41) is 0. The molecule has 2 aliphatic rings. The molecule has 2 aliphatic heterocycles. The highest BCUT2D eigenvalue weighted by Crippen LogP contribution is 2.32. The fraction of sp³-hybridized carbons (Fsp3) is 0.370. The Balaban J connectivity index is 1.42. The smallest absolute Gasteiger partial charge is 0.229 e. The second-order valence-corrected chi connectivity index (χ2v) is 9.32. The van der Waals surface area contributed by atoms with Crippen LogP contribution >= 0.6 is 0 Å². The molecule has 0 radical (unpaired) electrons. The van der Waals surface area contributed by atoms with Crippen molar-refractivity contribution >= 4 is 11.9 Å². The number of carbonyl (C=O) groups excluding carboxylic acids is 1. The van der Waals surface area contributed by atoms with Gasteiger partial charge in [0.1, 0.15) is 11.5 Å². The lowest BCUT2D eigenvalue weighted by molar-refractivity contribution is -0.131. The van der Waals surface area contributed by atoms with Gasteiger partial charge in [0.2, 0.25) is 17.7 Å². The largest absolute Gasteiger partial charge is 0.497 e. The van der Waals surface area contributed by atoms with Crippen LogP contribution in [0.1, 0.15) is 16.8 Å². The Hall–Kier alpha value is -3.79. The molecule has 1 saturated heterocycles. The number of anilines is 1. The third-order valence-corrected chi connectivity index (χ3v) is 6.74. The summed E-state index contributed by atoms with van der Waals surface area (Å²) in [4.78, 5) is 28.8. The molecule has 8 nitrogen and oxygen atoms in total. The zero-order valence-corrected chi connectivity index (χ0v) is 20.9. The molecular weight excluding hydrogens is 480 g/mol. The van der Waals surface area contributed by atoms with Gasteiger partial charge in [0.15, 0.2) is 11.6 Å². The SMILES string of the molecule is COc1cccc(CC(=O)N2CCc3nc(N4CCN(C)CC4)nc(Oc4ccc(F)c(F)c4)c3C2)c1. The highest BCUT2D eigenvalue weighted by atomic mass is 19.2. The predicted molar refractivity (Wildman–Crippen MR) is 134 cm³/mol. The second-order valence-electron chi connectivity index (χ2n) is 9.32. The van der Waals surface area contributed by atoms with Crippen LogP contribution in [0.15, 0.2) is 42.5 Å². The topological polar surface area (TPSA) is 71.0 Å². The van der Waals surface area contributed by atoms with E-state index in [9.17, 15) is 13.6 Å². The van der Waals surface area contributed by atoms with Crippen molar-refractivity contribution in [2.45, 2.75) is 19.4 Å². The summed E-state index contributed by atoms with van der Waals surface area (Å²) < 4.78 is 38.7. The number of aromatic nitrogens is 2. The first-order valence-electron chi connectivity index (χ1n) is 12.3. The fourth-order valence-electron chi connectivity index (χ4n) is 4.54. The van der Waals surface area contributed by atoms with Gasteiger partial charge in [0.05, 0.1) is 31.3 Å². The number of fused-ring (bicyclic) bond motifs is 1. The number of nitrogens with zero attached hydrogens (tertiary/aromatic N) is 5. The van der Waals surface area contributed by atoms with Crippen molar-refractivity contribution < 1.29 is 23.0 Å². The fourth-order valence-corrected chi connectivity index (χ4v) is 4.54. The molecule has 0 saturated carbocycles. The van der Waals surface area contributed by atoms with E-state index in [-0.39, 0.29) is 30.5 Å². The van der Waals surface area contributed by atoms with Gasteiger partial charge < -0.3 is 24.2 Å². The minimum atomic E-state index is -1.00. The molecule has 0 bridgehead atoms. The number of rotatable bonds is 6. The zero-order chi connectivity index (χ0) is 25.9. The van der Waals surface area contributed by atoms with Crippen molar-refractivity contribution in [3.05, 3.63) is 70.9 Å². The summed E-state index contributed by atoms with van der Waals surface area (Å²) in [6.45, 7) is 4.08. The van der Waals surface area contributed by atoms with E-state index in [4.69, 9.17) is 14.5 Å². The molecule has 1 fully saturated rings. The van der Waals surface area contributed by atoms with Crippen LogP contribution < -0.4 is 14.4 Å². The summed E-state index contributed by atoms with van der Waals surface area (Å²) in [5.41, 5.74) is 2.33. The minimum absolute atomic E-state index is 0.0409. The maximum atomic E-state index is 13.9. The van der Waals surface area contributed by atoms with Crippen LogP contribution in [0.2, 0.25) is 0 Å². The number of hydrogen-bond acceptors (Lipinski definition) is 7. The number of ether oxygens (including phenoxy) is 2. The molecule has 3 heterocycles. The minimum Gasteiger partial charge on any atom is -0.497 e. The Morgan fingerprint density at radius 2 is 1.78 bits per heavy atom. The third kappa shape index (κ3) is 5.64. The Morgan fingerprint density at radius 1 is 0.973 bits per heavy atom. The van der Waals surface area contributed by atoms with Crippen LogP contribution in [-0.4, -0.2) is 72.6 Å². The Kier molecular flexibility index (Phi) is 7.18. The molecule has 0 N–H and O–H groups in total. The molecule has 10 heteroatoms. The van der Waals surface area contributed by atoms with Gasteiger partial charge in [-0.05, 0) is 36.9 Å². The monoisotopic (exact) mass is 509 g/mol. The number of hydrogen-bond donors (Lipinski definition) is 0. The van der Waals surface area contributed by atoms with Gasteiger partial charge in [-0.15, -0.1) is 0 Å². The lowest BCUT2D eigenvalue weighted by Crippen LogP contribution is -2.45. The standard InChI is InChI=1S/C27H29F2N5O3/c1-32-10-12-33(13-11-32)27-30-24-8-9-34(25(35)15-18-4-3-5-19(14-18)36-2)17-21(24)26(31-27)37-20-6-7-22(28)23(29)16-20/h3-7,14,16H,8-13,15,17H2,1-2H3. The molecule has 37 heavy (non-hydrogen) atoms. The molecule has 2 aromatic carbocycles. The van der Waals surface area contributed by atoms with Crippen molar-refractivity contribution in [2.24, 2.45) is 0 Å². The normalized spacial score (nSPS) is 15.9. The van der Waals surface area contributed by atoms with E-state index >= 15 is 0 Å². The highest BCUT2D eigenvalue weighted by molar-refractivity contribution is 5.79. The molecule has 1 amide bonds. The van der Waals surface area contributed by atoms with Gasteiger partial charge in [-0.2, -0.15) is 4.98 Å². The van der Waals surface area contributed by atoms with Crippen molar-refractivity contribution in [2.75, 3.05) is 51.8 Å². The van der Waals surface area contributed by atoms with Gasteiger partial charge in [0.25, 0.3) is 0 Å². The van der Waals surface area contributed by atoms with Gasteiger partial charge in [-0.3, -0.25) is 4.79 Å². The number of carbonyl (C=O) groups is 1. The molecule has 5 rings (SSSR count). The number of benzene rings is 2. The van der Waals surface area contributed by atoms with Crippen molar-refractivity contribution in [3.63, 3.8) is 0 Å². The van der Waals surface area contributed by atoms with Crippen molar-refractivity contribution in [1.82, 2.24) is 19.8 Å². The van der Waals surface area contributed by atoms with Gasteiger partial charge in [-0.25, -0.2) is 13.8 Å². The van der Waals surface area contributed by atoms with Gasteiger partial charge >= 0.3 is 0 Å². The Bertz CT molecular complexity index is 1300. The molecule has 3 aromatic rings. The van der Waals surface area contributed by atoms with E-state index in [2.05, 4.69) is 21.8 Å². The van der Waals surface area contributed by atoms with Crippen LogP contribution in [-0.2, 0) is 24.2 Å². The predicted octanol–water partition coefficient (Wildman–Crippen LogP) is 3.43. The summed E-state index contributed by atoms with van der Waals surface area (Å²) >= 11 is 0. The van der Waals surface area contributed by atoms with Crippen molar-refractivity contribution in [3.8, 4) is 17.4 Å². The number of halogens is 2. The molecule has 1 aromatic heterocycles. The Labute approximate surface area is 214 Å². The molecular formula is C27H29F2N5O3. The maximum absolute atomic E-state index is 13.9. The van der Waals surface area contributed by atoms with Crippen LogP contribution in [0.3, 0.4) is 0 Å². The Morgan fingerprint density at radius 3 is 2.54 bits per heavy atom. The molecule has 0 unspecified atom stereocenters. The van der Waals surface area contributed by atoms with Crippen LogP contribution in [0.4, 0.5) is 14.7 Å². The van der Waals surface area contributed by atoms with E-state index in [0.717, 1.165) is 49.6 Å². The van der Waals surface area contributed by atoms with E-state index < -0.39 is 11.6 Å². The quantitative estimate of drug-likeness (QED) is 0.504. The van der Waals surface area contributed by atoms with E-state index in [0.29, 0.717) is 30.2 Å². The number of piperazine rings is 1. The summed E-state index contributed by atoms with van der Waals surface area (Å²) in [7, 11) is 3.66. The lowest BCUT2D eigenvalue weighted by Gasteiger charge is -2.34. The summed E-state index contributed by atoms with van der Waals surface area (Å²) in [6, 6.07) is 10.8. The summed E-state index contributed by atoms with van der Waals surface area (Å²) in [5.74, 6) is -0.380. The van der Waals surface area contributed by atoms with Crippen LogP contribution in [0.25, 0.3) is 0 Å². The molecule has 0 spiro atoms. The number of methoxy groups -OCH3 is 1. The average Bonchev–Trinajstić information content (AvgIpc) is 2.91. The number of likely N-dealkylation sites (N-methyl/N-ethyl adjacent to an activating group) is 1. The summed E-state index contributed by atoms with van der Waals surface area (Å²) in [6.07, 6.45) is 0.767. The average molecular weight is 510 g/mol. The second kappa shape index (κ2) is 10.7. The van der Waals surface area contributed by atoms with Crippen LogP contribution in [0.5, 0.6) is 17.4 Å².